The molecule has 2 N–H and O–H groups in total. The van der Waals surface area contributed by atoms with E-state index < -0.39 is 5.97 Å². The van der Waals surface area contributed by atoms with Gasteiger partial charge in [-0.15, -0.1) is 0 Å². The lowest BCUT2D eigenvalue weighted by Crippen LogP contribution is -2.20. The molecule has 0 heterocycles. The van der Waals surface area contributed by atoms with Crippen molar-refractivity contribution in [3.05, 3.63) is 70.5 Å². The molecule has 0 fully saturated rings. The van der Waals surface area contributed by atoms with Crippen LogP contribution < -0.4 is 5.32 Å². The highest BCUT2D eigenvalue weighted by Gasteiger charge is 2.11. The fourth-order valence-electron chi connectivity index (χ4n) is 2.14. The number of carboxylic acids is 1. The Labute approximate surface area is 123 Å². The molecule has 0 amide bonds. The molecular weight excluding hydrogens is 269 g/mol. The van der Waals surface area contributed by atoms with Crippen molar-refractivity contribution < 1.29 is 14.3 Å². The van der Waals surface area contributed by atoms with Gasteiger partial charge in [0.15, 0.2) is 0 Å². The number of rotatable bonds is 5. The van der Waals surface area contributed by atoms with E-state index in [1.165, 1.54) is 6.07 Å². The van der Waals surface area contributed by atoms with E-state index in [2.05, 4.69) is 5.32 Å². The fraction of sp³-hybridized carbons (Fsp3) is 0.235. The average molecular weight is 287 g/mol. The van der Waals surface area contributed by atoms with Crippen molar-refractivity contribution in [3.63, 3.8) is 0 Å². The lowest BCUT2D eigenvalue weighted by molar-refractivity contribution is 0.0695. The topological polar surface area (TPSA) is 49.3 Å². The van der Waals surface area contributed by atoms with Crippen molar-refractivity contribution in [3.8, 4) is 0 Å². The summed E-state index contributed by atoms with van der Waals surface area (Å²) in [5, 5.41) is 12.4. The molecule has 0 saturated heterocycles. The van der Waals surface area contributed by atoms with Crippen molar-refractivity contribution >= 4 is 5.97 Å². The molecule has 110 valence electrons. The standard InChI is InChI=1S/C17H18FNO2/c1-11-7-8-13(9-16(11)18)12(2)19-10-14-5-3-4-6-15(14)17(20)21/h3-9,12,19H,10H2,1-2H3,(H,20,21). The summed E-state index contributed by atoms with van der Waals surface area (Å²) in [5.74, 6) is -1.17. The van der Waals surface area contributed by atoms with E-state index in [1.54, 1.807) is 37.3 Å². The van der Waals surface area contributed by atoms with Gasteiger partial charge in [-0.2, -0.15) is 0 Å². The van der Waals surface area contributed by atoms with Crippen molar-refractivity contribution in [2.45, 2.75) is 26.4 Å². The Kier molecular flexibility index (Phi) is 4.70. The van der Waals surface area contributed by atoms with Crippen LogP contribution in [0.15, 0.2) is 42.5 Å². The molecule has 0 spiro atoms. The quantitative estimate of drug-likeness (QED) is 0.882. The molecule has 0 aliphatic carbocycles. The zero-order valence-electron chi connectivity index (χ0n) is 12.1. The SMILES string of the molecule is Cc1ccc(C(C)NCc2ccccc2C(=O)O)cc1F. The second-order valence-electron chi connectivity index (χ2n) is 5.07. The molecule has 2 rings (SSSR count). The Morgan fingerprint density at radius 2 is 2.00 bits per heavy atom. The molecule has 2 aromatic rings. The number of aromatic carboxylic acids is 1. The summed E-state index contributed by atoms with van der Waals surface area (Å²) in [6.45, 7) is 4.06. The Balaban J connectivity index is 2.09. The lowest BCUT2D eigenvalue weighted by Gasteiger charge is -2.16. The summed E-state index contributed by atoms with van der Waals surface area (Å²) in [6.07, 6.45) is 0. The van der Waals surface area contributed by atoms with E-state index >= 15 is 0 Å². The van der Waals surface area contributed by atoms with Crippen LogP contribution >= 0.6 is 0 Å². The molecule has 4 heteroatoms. The van der Waals surface area contributed by atoms with Crippen LogP contribution in [0.5, 0.6) is 0 Å². The predicted octanol–water partition coefficient (Wildman–Crippen LogP) is 3.68. The summed E-state index contributed by atoms with van der Waals surface area (Å²) in [4.78, 5) is 11.1. The average Bonchev–Trinajstić information content (AvgIpc) is 2.47. The number of aryl methyl sites for hydroxylation is 1. The van der Waals surface area contributed by atoms with Crippen molar-refractivity contribution in [2.24, 2.45) is 0 Å². The van der Waals surface area contributed by atoms with Crippen LogP contribution in [-0.2, 0) is 6.54 Å². The van der Waals surface area contributed by atoms with Crippen LogP contribution in [0, 0.1) is 12.7 Å². The number of hydrogen-bond acceptors (Lipinski definition) is 2. The van der Waals surface area contributed by atoms with Crippen LogP contribution in [-0.4, -0.2) is 11.1 Å². The van der Waals surface area contributed by atoms with Crippen molar-refractivity contribution in [1.29, 1.82) is 0 Å². The zero-order chi connectivity index (χ0) is 15.4. The van der Waals surface area contributed by atoms with Crippen LogP contribution in [0.2, 0.25) is 0 Å². The number of carboxylic acid groups (broad SMARTS) is 1. The van der Waals surface area contributed by atoms with Gasteiger partial charge in [0.25, 0.3) is 0 Å². The number of carbonyl (C=O) groups is 1. The Bertz CT molecular complexity index is 655. The summed E-state index contributed by atoms with van der Waals surface area (Å²) < 4.78 is 13.6. The van der Waals surface area contributed by atoms with E-state index in [9.17, 15) is 9.18 Å². The summed E-state index contributed by atoms with van der Waals surface area (Å²) in [6, 6.07) is 11.9. The third-order valence-corrected chi connectivity index (χ3v) is 3.54. The highest BCUT2D eigenvalue weighted by atomic mass is 19.1. The van der Waals surface area contributed by atoms with Gasteiger partial charge in [-0.3, -0.25) is 0 Å². The van der Waals surface area contributed by atoms with Gasteiger partial charge < -0.3 is 10.4 Å². The molecule has 0 radical (unpaired) electrons. The van der Waals surface area contributed by atoms with Gasteiger partial charge in [-0.25, -0.2) is 9.18 Å². The molecule has 2 aromatic carbocycles. The maximum absolute atomic E-state index is 13.6. The van der Waals surface area contributed by atoms with E-state index in [0.29, 0.717) is 17.7 Å². The second-order valence-corrected chi connectivity index (χ2v) is 5.07. The first-order valence-electron chi connectivity index (χ1n) is 6.79. The zero-order valence-corrected chi connectivity index (χ0v) is 12.1. The van der Waals surface area contributed by atoms with Crippen LogP contribution in [0.25, 0.3) is 0 Å². The monoisotopic (exact) mass is 287 g/mol. The maximum atomic E-state index is 13.6. The highest BCUT2D eigenvalue weighted by Crippen LogP contribution is 2.17. The summed E-state index contributed by atoms with van der Waals surface area (Å²) in [5.41, 5.74) is 2.45. The molecule has 0 aliphatic heterocycles. The van der Waals surface area contributed by atoms with Crippen LogP contribution in [0.3, 0.4) is 0 Å². The van der Waals surface area contributed by atoms with Gasteiger partial charge in [-0.1, -0.05) is 30.3 Å². The van der Waals surface area contributed by atoms with Crippen LogP contribution in [0.4, 0.5) is 4.39 Å². The van der Waals surface area contributed by atoms with Gasteiger partial charge in [0.1, 0.15) is 5.82 Å². The molecule has 0 bridgehead atoms. The second kappa shape index (κ2) is 6.50. The Morgan fingerprint density at radius 1 is 1.29 bits per heavy atom. The fourth-order valence-corrected chi connectivity index (χ4v) is 2.14. The largest absolute Gasteiger partial charge is 0.478 e. The Morgan fingerprint density at radius 3 is 2.67 bits per heavy atom. The van der Waals surface area contributed by atoms with E-state index in [1.807, 2.05) is 13.0 Å². The first-order chi connectivity index (χ1) is 9.99. The summed E-state index contributed by atoms with van der Waals surface area (Å²) >= 11 is 0. The third kappa shape index (κ3) is 3.67. The molecular formula is C17H18FNO2. The van der Waals surface area contributed by atoms with Crippen molar-refractivity contribution in [2.75, 3.05) is 0 Å². The predicted molar refractivity (Wildman–Crippen MR) is 79.8 cm³/mol. The molecule has 0 saturated carbocycles. The van der Waals surface area contributed by atoms with E-state index in [0.717, 1.165) is 5.56 Å². The van der Waals surface area contributed by atoms with Gasteiger partial charge in [0, 0.05) is 12.6 Å². The van der Waals surface area contributed by atoms with Crippen LogP contribution in [0.1, 0.15) is 40.0 Å². The van der Waals surface area contributed by atoms with Gasteiger partial charge in [-0.05, 0) is 42.7 Å². The minimum atomic E-state index is -0.943. The number of benzene rings is 2. The summed E-state index contributed by atoms with van der Waals surface area (Å²) in [7, 11) is 0. The lowest BCUT2D eigenvalue weighted by atomic mass is 10.0. The van der Waals surface area contributed by atoms with E-state index in [-0.39, 0.29) is 17.4 Å². The number of nitrogens with one attached hydrogen (secondary N) is 1. The Hall–Kier alpha value is -2.20. The van der Waals surface area contributed by atoms with Crippen molar-refractivity contribution in [1.82, 2.24) is 5.32 Å². The molecule has 3 nitrogen and oxygen atoms in total. The molecule has 1 atom stereocenters. The molecule has 0 aromatic heterocycles. The van der Waals surface area contributed by atoms with E-state index in [4.69, 9.17) is 5.11 Å². The normalized spacial score (nSPS) is 12.1. The van der Waals surface area contributed by atoms with Gasteiger partial charge in [0.2, 0.25) is 0 Å². The maximum Gasteiger partial charge on any atom is 0.336 e. The first kappa shape index (κ1) is 15.2. The first-order valence-corrected chi connectivity index (χ1v) is 6.79. The smallest absolute Gasteiger partial charge is 0.336 e. The molecule has 1 unspecified atom stereocenters. The minimum Gasteiger partial charge on any atom is -0.478 e. The molecule has 0 aliphatic rings. The third-order valence-electron chi connectivity index (χ3n) is 3.54. The number of halogens is 1. The molecule has 21 heavy (non-hydrogen) atoms. The highest BCUT2D eigenvalue weighted by molar-refractivity contribution is 5.89. The van der Waals surface area contributed by atoms with Gasteiger partial charge in [0.05, 0.1) is 5.56 Å². The number of hydrogen-bond donors (Lipinski definition) is 2. The van der Waals surface area contributed by atoms with Gasteiger partial charge >= 0.3 is 5.97 Å². The minimum absolute atomic E-state index is 0.0676.